The Bertz CT molecular complexity index is 967. The fourth-order valence-electron chi connectivity index (χ4n) is 3.50. The van der Waals surface area contributed by atoms with Crippen LogP contribution in [-0.2, 0) is 0 Å². The average molecular weight is 377 g/mol. The van der Waals surface area contributed by atoms with Crippen molar-refractivity contribution >= 4 is 11.7 Å². The number of aromatic nitrogens is 3. The van der Waals surface area contributed by atoms with Crippen molar-refractivity contribution < 1.29 is 4.79 Å². The number of hydrogen-bond acceptors (Lipinski definition) is 4. The highest BCUT2D eigenvalue weighted by Gasteiger charge is 2.21. The van der Waals surface area contributed by atoms with E-state index < -0.39 is 0 Å². The minimum Gasteiger partial charge on any atom is -0.355 e. The van der Waals surface area contributed by atoms with E-state index in [4.69, 9.17) is 0 Å². The molecule has 4 rings (SSSR count). The lowest BCUT2D eigenvalue weighted by Crippen LogP contribution is -2.39. The first-order valence-electron chi connectivity index (χ1n) is 9.52. The second-order valence-electron chi connectivity index (χ2n) is 7.09. The van der Waals surface area contributed by atoms with Crippen LogP contribution in [0.3, 0.4) is 0 Å². The molecule has 7 heteroatoms. The molecule has 7 nitrogen and oxygen atoms in total. The summed E-state index contributed by atoms with van der Waals surface area (Å²) in [6.45, 7) is 2.47. The van der Waals surface area contributed by atoms with Crippen LogP contribution in [0.1, 0.15) is 23.2 Å². The van der Waals surface area contributed by atoms with E-state index in [9.17, 15) is 9.59 Å². The highest BCUT2D eigenvalue weighted by Crippen LogP contribution is 2.25. The number of hydrogen-bond donors (Lipinski definition) is 3. The Labute approximate surface area is 162 Å². The molecule has 1 amide bonds. The summed E-state index contributed by atoms with van der Waals surface area (Å²) in [6, 6.07) is 15.2. The number of aromatic amines is 2. The zero-order valence-corrected chi connectivity index (χ0v) is 15.5. The quantitative estimate of drug-likeness (QED) is 0.636. The normalized spacial score (nSPS) is 14.8. The summed E-state index contributed by atoms with van der Waals surface area (Å²) < 4.78 is 0. The Morgan fingerprint density at radius 2 is 1.93 bits per heavy atom. The van der Waals surface area contributed by atoms with Gasteiger partial charge >= 0.3 is 0 Å². The highest BCUT2D eigenvalue weighted by atomic mass is 16.1. The Hall–Kier alpha value is -3.35. The van der Waals surface area contributed by atoms with Gasteiger partial charge in [0.15, 0.2) is 5.82 Å². The molecule has 1 aliphatic rings. The fourth-order valence-corrected chi connectivity index (χ4v) is 3.50. The molecular formula is C21H23N5O2. The number of nitrogens with zero attached hydrogens (tertiary/aromatic N) is 2. The number of piperidine rings is 1. The van der Waals surface area contributed by atoms with Crippen LogP contribution < -0.4 is 15.8 Å². The molecule has 0 bridgehead atoms. The second-order valence-corrected chi connectivity index (χ2v) is 7.09. The summed E-state index contributed by atoms with van der Waals surface area (Å²) in [4.78, 5) is 28.0. The first kappa shape index (κ1) is 18.0. The number of nitrogens with one attached hydrogen (secondary N) is 3. The molecule has 0 spiro atoms. The minimum absolute atomic E-state index is 0.154. The van der Waals surface area contributed by atoms with Gasteiger partial charge in [0.25, 0.3) is 5.91 Å². The van der Waals surface area contributed by atoms with Gasteiger partial charge in [0, 0.05) is 38.0 Å². The predicted octanol–water partition coefficient (Wildman–Crippen LogP) is 2.41. The standard InChI is InChI=1S/C21H23N5O2/c27-20-7-6-17(14-22-20)21(28)23-13-15-8-10-26(11-9-15)19-12-18(24-25-19)16-4-2-1-3-5-16/h1-7,12,14-15H,8-11,13H2,(H,22,27)(H,23,28)(H,24,25). The zero-order chi connectivity index (χ0) is 19.3. The Balaban J connectivity index is 1.28. The maximum atomic E-state index is 12.2. The van der Waals surface area contributed by atoms with Crippen LogP contribution in [0.4, 0.5) is 5.82 Å². The van der Waals surface area contributed by atoms with E-state index in [0.29, 0.717) is 18.0 Å². The van der Waals surface area contributed by atoms with Crippen molar-refractivity contribution in [2.24, 2.45) is 5.92 Å². The molecule has 28 heavy (non-hydrogen) atoms. The van der Waals surface area contributed by atoms with E-state index in [0.717, 1.165) is 43.0 Å². The third kappa shape index (κ3) is 4.14. The van der Waals surface area contributed by atoms with Crippen LogP contribution in [0, 0.1) is 5.92 Å². The number of amides is 1. The summed E-state index contributed by atoms with van der Waals surface area (Å²) in [5, 5.41) is 10.6. The van der Waals surface area contributed by atoms with Crippen molar-refractivity contribution in [2.45, 2.75) is 12.8 Å². The van der Waals surface area contributed by atoms with E-state index >= 15 is 0 Å². The zero-order valence-electron chi connectivity index (χ0n) is 15.5. The first-order chi connectivity index (χ1) is 13.7. The Morgan fingerprint density at radius 1 is 1.14 bits per heavy atom. The number of pyridine rings is 1. The van der Waals surface area contributed by atoms with Crippen molar-refractivity contribution in [1.29, 1.82) is 0 Å². The smallest absolute Gasteiger partial charge is 0.252 e. The second kappa shape index (κ2) is 8.12. The molecule has 0 radical (unpaired) electrons. The van der Waals surface area contributed by atoms with E-state index in [1.54, 1.807) is 6.07 Å². The molecule has 3 heterocycles. The Morgan fingerprint density at radius 3 is 2.64 bits per heavy atom. The minimum atomic E-state index is -0.210. The van der Waals surface area contributed by atoms with Crippen LogP contribution in [0.2, 0.25) is 0 Å². The molecule has 1 aliphatic heterocycles. The highest BCUT2D eigenvalue weighted by molar-refractivity contribution is 5.93. The van der Waals surface area contributed by atoms with Crippen molar-refractivity contribution in [3.05, 3.63) is 70.6 Å². The van der Waals surface area contributed by atoms with Gasteiger partial charge in [-0.3, -0.25) is 14.7 Å². The number of H-pyrrole nitrogens is 2. The van der Waals surface area contributed by atoms with Crippen LogP contribution in [0.25, 0.3) is 11.3 Å². The van der Waals surface area contributed by atoms with Gasteiger partial charge in [0.2, 0.25) is 5.56 Å². The fraction of sp³-hybridized carbons (Fsp3) is 0.286. The van der Waals surface area contributed by atoms with E-state index in [1.165, 1.54) is 12.3 Å². The molecule has 3 aromatic rings. The molecule has 1 aromatic carbocycles. The Kier molecular flexibility index (Phi) is 5.23. The van der Waals surface area contributed by atoms with Gasteiger partial charge in [-0.2, -0.15) is 5.10 Å². The SMILES string of the molecule is O=C(NCC1CCN(c2cc(-c3ccccc3)[nH]n2)CC1)c1ccc(=O)[nH]c1. The summed E-state index contributed by atoms with van der Waals surface area (Å²) >= 11 is 0. The van der Waals surface area contributed by atoms with Crippen molar-refractivity contribution in [3.8, 4) is 11.3 Å². The van der Waals surface area contributed by atoms with E-state index in [2.05, 4.69) is 43.6 Å². The predicted molar refractivity (Wildman–Crippen MR) is 108 cm³/mol. The number of carbonyl (C=O) groups excluding carboxylic acids is 1. The number of carbonyl (C=O) groups is 1. The summed E-state index contributed by atoms with van der Waals surface area (Å²) in [5.41, 5.74) is 2.41. The lowest BCUT2D eigenvalue weighted by Gasteiger charge is -2.32. The van der Waals surface area contributed by atoms with Crippen LogP contribution in [-0.4, -0.2) is 40.7 Å². The van der Waals surface area contributed by atoms with Gasteiger partial charge in [0.1, 0.15) is 0 Å². The summed E-state index contributed by atoms with van der Waals surface area (Å²) in [7, 11) is 0. The van der Waals surface area contributed by atoms with Crippen molar-refractivity contribution in [2.75, 3.05) is 24.5 Å². The molecule has 2 aromatic heterocycles. The molecule has 144 valence electrons. The van der Waals surface area contributed by atoms with Crippen molar-refractivity contribution in [1.82, 2.24) is 20.5 Å². The van der Waals surface area contributed by atoms with Crippen LogP contribution >= 0.6 is 0 Å². The van der Waals surface area contributed by atoms with E-state index in [1.807, 2.05) is 18.2 Å². The van der Waals surface area contributed by atoms with Gasteiger partial charge < -0.3 is 15.2 Å². The third-order valence-electron chi connectivity index (χ3n) is 5.19. The van der Waals surface area contributed by atoms with Crippen molar-refractivity contribution in [3.63, 3.8) is 0 Å². The average Bonchev–Trinajstić information content (AvgIpc) is 3.24. The first-order valence-corrected chi connectivity index (χ1v) is 9.52. The molecular weight excluding hydrogens is 354 g/mol. The lowest BCUT2D eigenvalue weighted by molar-refractivity contribution is 0.0944. The molecule has 1 saturated heterocycles. The summed E-state index contributed by atoms with van der Waals surface area (Å²) in [5.74, 6) is 1.25. The van der Waals surface area contributed by atoms with Gasteiger partial charge in [0.05, 0.1) is 11.3 Å². The van der Waals surface area contributed by atoms with Crippen LogP contribution in [0.15, 0.2) is 59.5 Å². The summed E-state index contributed by atoms with van der Waals surface area (Å²) in [6.07, 6.45) is 3.45. The molecule has 1 fully saturated rings. The number of benzene rings is 1. The maximum Gasteiger partial charge on any atom is 0.252 e. The molecule has 0 saturated carbocycles. The van der Waals surface area contributed by atoms with Gasteiger partial charge in [-0.1, -0.05) is 30.3 Å². The molecule has 0 atom stereocenters. The lowest BCUT2D eigenvalue weighted by atomic mass is 9.96. The maximum absolute atomic E-state index is 12.2. The van der Waals surface area contributed by atoms with Crippen LogP contribution in [0.5, 0.6) is 0 Å². The molecule has 0 aliphatic carbocycles. The van der Waals surface area contributed by atoms with E-state index in [-0.39, 0.29) is 11.5 Å². The van der Waals surface area contributed by atoms with Gasteiger partial charge in [-0.15, -0.1) is 0 Å². The number of rotatable bonds is 5. The monoisotopic (exact) mass is 377 g/mol. The topological polar surface area (TPSA) is 93.9 Å². The van der Waals surface area contributed by atoms with Gasteiger partial charge in [-0.05, 0) is 30.4 Å². The largest absolute Gasteiger partial charge is 0.355 e. The molecule has 3 N–H and O–H groups in total. The molecule has 0 unspecified atom stereocenters. The number of anilines is 1. The van der Waals surface area contributed by atoms with Gasteiger partial charge in [-0.25, -0.2) is 0 Å². The third-order valence-corrected chi connectivity index (χ3v) is 5.19.